The van der Waals surface area contributed by atoms with Crippen LogP contribution in [0.3, 0.4) is 0 Å². The van der Waals surface area contributed by atoms with E-state index in [9.17, 15) is 13.2 Å². The smallest absolute Gasteiger partial charge is 0.353 e. The van der Waals surface area contributed by atoms with Crippen LogP contribution >= 0.6 is 0 Å². The molecule has 1 aliphatic rings. The number of aryl methyl sites for hydroxylation is 1. The van der Waals surface area contributed by atoms with Gasteiger partial charge in [0.2, 0.25) is 0 Å². The minimum atomic E-state index is -4.63. The molecule has 30 heavy (non-hydrogen) atoms. The molecule has 0 bridgehead atoms. The maximum absolute atomic E-state index is 14.0. The first-order valence-corrected chi connectivity index (χ1v) is 9.43. The Balaban J connectivity index is 1.68. The summed E-state index contributed by atoms with van der Waals surface area (Å²) in [6.45, 7) is 3.78. The number of nitrogens with one attached hydrogen (secondary N) is 1. The van der Waals surface area contributed by atoms with E-state index >= 15 is 0 Å². The SMILES string of the molecule is C=Cc1ccc2c(c1)CCc1c-2n[nH]c1-c1onc(-c2ccccc2)c1C(F)(F)F. The first kappa shape index (κ1) is 18.4. The van der Waals surface area contributed by atoms with Crippen LogP contribution in [0.1, 0.15) is 22.3 Å². The Morgan fingerprint density at radius 3 is 2.57 bits per heavy atom. The molecule has 5 rings (SSSR count). The quantitative estimate of drug-likeness (QED) is 0.443. The number of benzene rings is 2. The van der Waals surface area contributed by atoms with E-state index in [1.807, 2.05) is 18.2 Å². The van der Waals surface area contributed by atoms with Gasteiger partial charge in [-0.15, -0.1) is 0 Å². The molecule has 2 aromatic heterocycles. The molecule has 0 saturated heterocycles. The van der Waals surface area contributed by atoms with Crippen LogP contribution in [0.4, 0.5) is 13.2 Å². The average Bonchev–Trinajstić information content (AvgIpc) is 3.38. The van der Waals surface area contributed by atoms with E-state index in [2.05, 4.69) is 21.9 Å². The molecule has 0 radical (unpaired) electrons. The fourth-order valence-electron chi connectivity index (χ4n) is 3.97. The zero-order valence-corrected chi connectivity index (χ0v) is 15.8. The summed E-state index contributed by atoms with van der Waals surface area (Å²) >= 11 is 0. The second-order valence-electron chi connectivity index (χ2n) is 7.15. The van der Waals surface area contributed by atoms with Gasteiger partial charge in [0.25, 0.3) is 0 Å². The van der Waals surface area contributed by atoms with E-state index in [-0.39, 0.29) is 17.1 Å². The highest BCUT2D eigenvalue weighted by Gasteiger charge is 2.42. The topological polar surface area (TPSA) is 54.7 Å². The molecule has 4 nitrogen and oxygen atoms in total. The van der Waals surface area contributed by atoms with Crippen LogP contribution < -0.4 is 0 Å². The summed E-state index contributed by atoms with van der Waals surface area (Å²) in [6, 6.07) is 14.1. The lowest BCUT2D eigenvalue weighted by atomic mass is 9.87. The van der Waals surface area contributed by atoms with Crippen molar-refractivity contribution in [1.82, 2.24) is 15.4 Å². The summed E-state index contributed by atoms with van der Waals surface area (Å²) in [6.07, 6.45) is -1.63. The fourth-order valence-corrected chi connectivity index (χ4v) is 3.97. The average molecular weight is 407 g/mol. The van der Waals surface area contributed by atoms with Gasteiger partial charge in [-0.05, 0) is 24.0 Å². The number of rotatable bonds is 3. The van der Waals surface area contributed by atoms with Crippen molar-refractivity contribution in [3.8, 4) is 34.0 Å². The minimum absolute atomic E-state index is 0.227. The molecule has 0 spiro atoms. The number of nitrogens with zero attached hydrogens (tertiary/aromatic N) is 2. The number of hydrogen-bond donors (Lipinski definition) is 1. The third kappa shape index (κ3) is 2.85. The summed E-state index contributed by atoms with van der Waals surface area (Å²) in [5.41, 5.74) is 3.79. The Morgan fingerprint density at radius 2 is 1.83 bits per heavy atom. The number of fused-ring (bicyclic) bond motifs is 3. The van der Waals surface area contributed by atoms with Crippen LogP contribution in [0.5, 0.6) is 0 Å². The van der Waals surface area contributed by atoms with Gasteiger partial charge in [0.15, 0.2) is 5.76 Å². The van der Waals surface area contributed by atoms with E-state index in [1.165, 1.54) is 0 Å². The molecule has 0 unspecified atom stereocenters. The van der Waals surface area contributed by atoms with E-state index < -0.39 is 11.7 Å². The summed E-state index contributed by atoms with van der Waals surface area (Å²) in [5, 5.41) is 10.9. The minimum Gasteiger partial charge on any atom is -0.353 e. The summed E-state index contributed by atoms with van der Waals surface area (Å²) < 4.78 is 47.3. The van der Waals surface area contributed by atoms with Crippen LogP contribution in [-0.2, 0) is 19.0 Å². The summed E-state index contributed by atoms with van der Waals surface area (Å²) in [7, 11) is 0. The second-order valence-corrected chi connectivity index (χ2v) is 7.15. The van der Waals surface area contributed by atoms with Crippen molar-refractivity contribution in [3.05, 3.63) is 77.4 Å². The molecule has 150 valence electrons. The molecule has 4 aromatic rings. The molecule has 2 aromatic carbocycles. The zero-order valence-electron chi connectivity index (χ0n) is 15.8. The van der Waals surface area contributed by atoms with Crippen molar-refractivity contribution in [2.45, 2.75) is 19.0 Å². The predicted octanol–water partition coefficient (Wildman–Crippen LogP) is 6.16. The molecular formula is C23H16F3N3O. The van der Waals surface area contributed by atoms with Gasteiger partial charge in [0.1, 0.15) is 17.0 Å². The van der Waals surface area contributed by atoms with Crippen molar-refractivity contribution < 1.29 is 17.7 Å². The van der Waals surface area contributed by atoms with Crippen LogP contribution in [0.15, 0.2) is 59.6 Å². The van der Waals surface area contributed by atoms with Crippen molar-refractivity contribution in [3.63, 3.8) is 0 Å². The lowest BCUT2D eigenvalue weighted by Crippen LogP contribution is -2.08. The Hall–Kier alpha value is -3.61. The highest BCUT2D eigenvalue weighted by atomic mass is 19.4. The van der Waals surface area contributed by atoms with Gasteiger partial charge in [0.05, 0.1) is 5.69 Å². The van der Waals surface area contributed by atoms with Crippen LogP contribution in [0.25, 0.3) is 40.0 Å². The largest absolute Gasteiger partial charge is 0.422 e. The molecule has 0 saturated carbocycles. The summed E-state index contributed by atoms with van der Waals surface area (Å²) in [5.74, 6) is -0.332. The van der Waals surface area contributed by atoms with Crippen LogP contribution in [-0.4, -0.2) is 15.4 Å². The number of aromatic amines is 1. The molecular weight excluding hydrogens is 391 g/mol. The third-order valence-electron chi connectivity index (χ3n) is 5.38. The Kier molecular flexibility index (Phi) is 4.13. The van der Waals surface area contributed by atoms with Crippen molar-refractivity contribution in [2.75, 3.05) is 0 Å². The van der Waals surface area contributed by atoms with Gasteiger partial charge >= 0.3 is 6.18 Å². The van der Waals surface area contributed by atoms with E-state index in [1.54, 1.807) is 36.4 Å². The van der Waals surface area contributed by atoms with E-state index in [0.717, 1.165) is 16.7 Å². The van der Waals surface area contributed by atoms with E-state index in [4.69, 9.17) is 4.52 Å². The Labute approximate surface area is 170 Å². The van der Waals surface area contributed by atoms with Gasteiger partial charge in [0, 0.05) is 16.7 Å². The molecule has 7 heteroatoms. The molecule has 0 fully saturated rings. The molecule has 1 N–H and O–H groups in total. The van der Waals surface area contributed by atoms with Gasteiger partial charge in [-0.3, -0.25) is 5.10 Å². The molecule has 0 aliphatic heterocycles. The Morgan fingerprint density at radius 1 is 1.03 bits per heavy atom. The lowest BCUT2D eigenvalue weighted by Gasteiger charge is -2.16. The molecule has 1 aliphatic carbocycles. The number of alkyl halides is 3. The predicted molar refractivity (Wildman–Crippen MR) is 107 cm³/mol. The number of H-pyrrole nitrogens is 1. The maximum atomic E-state index is 14.0. The number of aromatic nitrogens is 3. The van der Waals surface area contributed by atoms with E-state index in [0.29, 0.717) is 29.7 Å². The normalized spacial score (nSPS) is 13.0. The highest BCUT2D eigenvalue weighted by Crippen LogP contribution is 2.45. The second kappa shape index (κ2) is 6.73. The summed E-state index contributed by atoms with van der Waals surface area (Å²) in [4.78, 5) is 0. The van der Waals surface area contributed by atoms with Gasteiger partial charge in [-0.25, -0.2) is 0 Å². The standard InChI is InChI=1S/C23H16F3N3O/c1-2-13-8-10-16-15(12-13)9-11-17-20(16)27-28-21(17)22-18(23(24,25)26)19(29-30-22)14-6-4-3-5-7-14/h2-8,10,12H,1,9,11H2,(H,27,28). The molecule has 0 atom stereocenters. The highest BCUT2D eigenvalue weighted by molar-refractivity contribution is 5.80. The Bertz CT molecular complexity index is 1250. The lowest BCUT2D eigenvalue weighted by molar-refractivity contribution is -0.136. The first-order valence-electron chi connectivity index (χ1n) is 9.43. The first-order chi connectivity index (χ1) is 14.5. The van der Waals surface area contributed by atoms with Crippen molar-refractivity contribution in [2.24, 2.45) is 0 Å². The van der Waals surface area contributed by atoms with Gasteiger partial charge in [-0.1, -0.05) is 66.3 Å². The van der Waals surface area contributed by atoms with Crippen molar-refractivity contribution in [1.29, 1.82) is 0 Å². The number of halogens is 3. The van der Waals surface area contributed by atoms with Gasteiger partial charge < -0.3 is 4.52 Å². The molecule has 0 amide bonds. The zero-order chi connectivity index (χ0) is 20.9. The van der Waals surface area contributed by atoms with Gasteiger partial charge in [-0.2, -0.15) is 18.3 Å². The number of hydrogen-bond acceptors (Lipinski definition) is 3. The monoisotopic (exact) mass is 407 g/mol. The fraction of sp³-hybridized carbons (Fsp3) is 0.130. The van der Waals surface area contributed by atoms with Crippen LogP contribution in [0.2, 0.25) is 0 Å². The molecule has 2 heterocycles. The van der Waals surface area contributed by atoms with Crippen molar-refractivity contribution >= 4 is 6.08 Å². The third-order valence-corrected chi connectivity index (χ3v) is 5.38. The van der Waals surface area contributed by atoms with Crippen LogP contribution in [0, 0.1) is 0 Å². The maximum Gasteiger partial charge on any atom is 0.422 e.